The zero-order valence-electron chi connectivity index (χ0n) is 7.57. The first-order valence-corrected chi connectivity index (χ1v) is 5.39. The molecule has 1 heterocycles. The number of hydrogen-bond acceptors (Lipinski definition) is 4. The van der Waals surface area contributed by atoms with Crippen LogP contribution in [0.4, 0.5) is 0 Å². The van der Waals surface area contributed by atoms with E-state index in [9.17, 15) is 4.79 Å². The molecule has 0 unspecified atom stereocenters. The SMILES string of the molecule is CC(C)(NC(=O)CS)c1nccs1. The molecule has 1 amide bonds. The lowest BCUT2D eigenvalue weighted by atomic mass is 10.1. The van der Waals surface area contributed by atoms with Crippen LogP contribution in [-0.2, 0) is 10.3 Å². The predicted octanol–water partition coefficient (Wildman–Crippen LogP) is 1.42. The molecule has 1 aromatic rings. The number of carbonyl (C=O) groups excluding carboxylic acids is 1. The molecule has 0 aliphatic rings. The van der Waals surface area contributed by atoms with Crippen LogP contribution in [0.1, 0.15) is 18.9 Å². The van der Waals surface area contributed by atoms with Gasteiger partial charge in [-0.3, -0.25) is 4.79 Å². The van der Waals surface area contributed by atoms with Gasteiger partial charge in [-0.25, -0.2) is 4.98 Å². The second-order valence-corrected chi connectivity index (χ2v) is 4.38. The number of thiazole rings is 1. The summed E-state index contributed by atoms with van der Waals surface area (Å²) in [6.07, 6.45) is 1.73. The molecule has 0 saturated carbocycles. The van der Waals surface area contributed by atoms with E-state index in [1.807, 2.05) is 19.2 Å². The van der Waals surface area contributed by atoms with Crippen molar-refractivity contribution < 1.29 is 4.79 Å². The van der Waals surface area contributed by atoms with E-state index in [1.54, 1.807) is 6.20 Å². The molecule has 72 valence electrons. The lowest BCUT2D eigenvalue weighted by Gasteiger charge is -2.23. The molecule has 0 aromatic carbocycles. The molecule has 0 aliphatic carbocycles. The maximum Gasteiger partial charge on any atom is 0.230 e. The molecule has 0 radical (unpaired) electrons. The Kier molecular flexibility index (Phi) is 3.33. The highest BCUT2D eigenvalue weighted by molar-refractivity contribution is 7.81. The van der Waals surface area contributed by atoms with Crippen molar-refractivity contribution in [2.75, 3.05) is 5.75 Å². The Morgan fingerprint density at radius 3 is 2.92 bits per heavy atom. The van der Waals surface area contributed by atoms with Crippen LogP contribution in [0, 0.1) is 0 Å². The third kappa shape index (κ3) is 2.70. The van der Waals surface area contributed by atoms with E-state index >= 15 is 0 Å². The van der Waals surface area contributed by atoms with Gasteiger partial charge < -0.3 is 5.32 Å². The third-order valence-electron chi connectivity index (χ3n) is 1.56. The lowest BCUT2D eigenvalue weighted by Crippen LogP contribution is -2.41. The number of amides is 1. The van der Waals surface area contributed by atoms with E-state index < -0.39 is 5.54 Å². The Hall–Kier alpha value is -0.550. The van der Waals surface area contributed by atoms with Crippen LogP contribution in [0.3, 0.4) is 0 Å². The minimum Gasteiger partial charge on any atom is -0.344 e. The van der Waals surface area contributed by atoms with Crippen molar-refractivity contribution in [3.8, 4) is 0 Å². The molecule has 13 heavy (non-hydrogen) atoms. The molecular formula is C8H12N2OS2. The van der Waals surface area contributed by atoms with E-state index in [1.165, 1.54) is 11.3 Å². The van der Waals surface area contributed by atoms with Gasteiger partial charge in [-0.2, -0.15) is 12.6 Å². The van der Waals surface area contributed by atoms with Gasteiger partial charge in [0.05, 0.1) is 11.3 Å². The molecule has 1 N–H and O–H groups in total. The van der Waals surface area contributed by atoms with Gasteiger partial charge in [-0.1, -0.05) is 0 Å². The fourth-order valence-corrected chi connectivity index (χ4v) is 1.77. The fourth-order valence-electron chi connectivity index (χ4n) is 0.974. The molecule has 0 aliphatic heterocycles. The van der Waals surface area contributed by atoms with Crippen molar-refractivity contribution >= 4 is 29.9 Å². The number of hydrogen-bond donors (Lipinski definition) is 2. The Morgan fingerprint density at radius 1 is 1.77 bits per heavy atom. The summed E-state index contributed by atoms with van der Waals surface area (Å²) in [5.41, 5.74) is -0.395. The molecule has 0 bridgehead atoms. The highest BCUT2D eigenvalue weighted by atomic mass is 32.1. The Bertz CT molecular complexity index is 282. The maximum atomic E-state index is 11.1. The number of nitrogens with zero attached hydrogens (tertiary/aromatic N) is 1. The summed E-state index contributed by atoms with van der Waals surface area (Å²) < 4.78 is 0. The molecule has 0 spiro atoms. The first kappa shape index (κ1) is 10.5. The highest BCUT2D eigenvalue weighted by Gasteiger charge is 2.24. The Morgan fingerprint density at radius 2 is 2.46 bits per heavy atom. The highest BCUT2D eigenvalue weighted by Crippen LogP contribution is 2.21. The van der Waals surface area contributed by atoms with Crippen molar-refractivity contribution in [2.24, 2.45) is 0 Å². The zero-order chi connectivity index (χ0) is 9.90. The monoisotopic (exact) mass is 216 g/mol. The lowest BCUT2D eigenvalue weighted by molar-refractivity contribution is -0.120. The maximum absolute atomic E-state index is 11.1. The van der Waals surface area contributed by atoms with Crippen molar-refractivity contribution in [1.29, 1.82) is 0 Å². The first-order valence-electron chi connectivity index (χ1n) is 3.88. The van der Waals surface area contributed by atoms with Gasteiger partial charge >= 0.3 is 0 Å². The van der Waals surface area contributed by atoms with Crippen LogP contribution in [0.25, 0.3) is 0 Å². The average molecular weight is 216 g/mol. The summed E-state index contributed by atoms with van der Waals surface area (Å²) in [4.78, 5) is 15.3. The molecule has 1 rings (SSSR count). The van der Waals surface area contributed by atoms with Gasteiger partial charge in [0.2, 0.25) is 5.91 Å². The van der Waals surface area contributed by atoms with Crippen LogP contribution in [0.2, 0.25) is 0 Å². The number of rotatable bonds is 3. The van der Waals surface area contributed by atoms with Crippen LogP contribution in [0.15, 0.2) is 11.6 Å². The first-order chi connectivity index (χ1) is 6.06. The van der Waals surface area contributed by atoms with Crippen LogP contribution in [0.5, 0.6) is 0 Å². The second kappa shape index (κ2) is 4.11. The van der Waals surface area contributed by atoms with E-state index in [4.69, 9.17) is 0 Å². The van der Waals surface area contributed by atoms with Crippen molar-refractivity contribution in [1.82, 2.24) is 10.3 Å². The van der Waals surface area contributed by atoms with E-state index in [0.29, 0.717) is 0 Å². The largest absolute Gasteiger partial charge is 0.344 e. The topological polar surface area (TPSA) is 42.0 Å². The fraction of sp³-hybridized carbons (Fsp3) is 0.500. The summed E-state index contributed by atoms with van der Waals surface area (Å²) in [6, 6.07) is 0. The summed E-state index contributed by atoms with van der Waals surface area (Å²) >= 11 is 5.43. The molecule has 0 atom stereocenters. The molecule has 0 fully saturated rings. The minimum absolute atomic E-state index is 0.0801. The van der Waals surface area contributed by atoms with Crippen molar-refractivity contribution in [3.63, 3.8) is 0 Å². The van der Waals surface area contributed by atoms with Gasteiger partial charge in [-0.05, 0) is 13.8 Å². The Labute approximate surface area is 87.0 Å². The second-order valence-electron chi connectivity index (χ2n) is 3.17. The molecule has 0 saturated heterocycles. The third-order valence-corrected chi connectivity index (χ3v) is 2.95. The van der Waals surface area contributed by atoms with Gasteiger partial charge in [-0.15, -0.1) is 11.3 Å². The summed E-state index contributed by atoms with van der Waals surface area (Å²) in [7, 11) is 0. The Balaban J connectivity index is 2.72. The van der Waals surface area contributed by atoms with Crippen molar-refractivity contribution in [2.45, 2.75) is 19.4 Å². The number of thiol groups is 1. The van der Waals surface area contributed by atoms with Gasteiger partial charge in [0.15, 0.2) is 0 Å². The summed E-state index contributed by atoms with van der Waals surface area (Å²) in [6.45, 7) is 3.85. The predicted molar refractivity (Wildman–Crippen MR) is 57.1 cm³/mol. The number of nitrogens with one attached hydrogen (secondary N) is 1. The molecule has 1 aromatic heterocycles. The number of aromatic nitrogens is 1. The van der Waals surface area contributed by atoms with Crippen LogP contribution in [-0.4, -0.2) is 16.6 Å². The minimum atomic E-state index is -0.395. The molecular weight excluding hydrogens is 204 g/mol. The molecule has 5 heteroatoms. The van der Waals surface area contributed by atoms with Gasteiger partial charge in [0.25, 0.3) is 0 Å². The van der Waals surface area contributed by atoms with E-state index in [0.717, 1.165) is 5.01 Å². The smallest absolute Gasteiger partial charge is 0.230 e. The normalized spacial score (nSPS) is 11.3. The zero-order valence-corrected chi connectivity index (χ0v) is 9.28. The van der Waals surface area contributed by atoms with Crippen LogP contribution < -0.4 is 5.32 Å². The summed E-state index contributed by atoms with van der Waals surface area (Å²) in [5.74, 6) is 0.123. The standard InChI is InChI=1S/C8H12N2OS2/c1-8(2,10-6(11)5-12)7-9-3-4-13-7/h3-4,12H,5H2,1-2H3,(H,10,11). The molecule has 3 nitrogen and oxygen atoms in total. The van der Waals surface area contributed by atoms with E-state index in [-0.39, 0.29) is 11.7 Å². The van der Waals surface area contributed by atoms with Gasteiger partial charge in [0.1, 0.15) is 5.01 Å². The van der Waals surface area contributed by atoms with Gasteiger partial charge in [0, 0.05) is 11.6 Å². The average Bonchev–Trinajstić information content (AvgIpc) is 2.55. The van der Waals surface area contributed by atoms with Crippen LogP contribution >= 0.6 is 24.0 Å². The number of carbonyl (C=O) groups is 1. The summed E-state index contributed by atoms with van der Waals surface area (Å²) in [5, 5.41) is 5.64. The quantitative estimate of drug-likeness (QED) is 0.750. The van der Waals surface area contributed by atoms with Crippen molar-refractivity contribution in [3.05, 3.63) is 16.6 Å². The van der Waals surface area contributed by atoms with E-state index in [2.05, 4.69) is 22.9 Å².